The van der Waals surface area contributed by atoms with Gasteiger partial charge in [0.2, 0.25) is 17.8 Å². The van der Waals surface area contributed by atoms with Gasteiger partial charge in [-0.1, -0.05) is 6.92 Å². The first-order chi connectivity index (χ1) is 63.4. The molecule has 0 radical (unpaired) electrons. The molecule has 12 aromatic rings. The number of nitrogens with two attached hydrogens (primary N) is 6. The molecular weight excluding hydrogens is 1920 g/mol. The zero-order valence-corrected chi connectivity index (χ0v) is 73.9. The van der Waals surface area contributed by atoms with Crippen LogP contribution in [0, 0.1) is 5.92 Å². The number of nitrogens with zero attached hydrogens (tertiary/aromatic N) is 17. The van der Waals surface area contributed by atoms with E-state index in [9.17, 15) is 81.3 Å². The smallest absolute Gasteiger partial charge is 0.397 e. The number of aromatic nitrogens is 20. The summed E-state index contributed by atoms with van der Waals surface area (Å²) in [5.41, 5.74) is 33.0. The van der Waals surface area contributed by atoms with E-state index in [1.165, 1.54) is 97.5 Å². The number of phosphoric acid groups is 6. The second-order valence-corrected chi connectivity index (χ2v) is 40.2. The molecule has 23 N–H and O–H groups in total. The fraction of sp³-hybridized carbons (Fsp3) is 0.485. The average Bonchev–Trinajstić information content (AvgIpc) is 1.58. The lowest BCUT2D eigenvalue weighted by Crippen LogP contribution is -2.42. The molecule has 12 aromatic heterocycles. The first kappa shape index (κ1) is 93.1. The average molecular weight is 2000 g/mol. The van der Waals surface area contributed by atoms with Gasteiger partial charge in [-0.25, -0.2) is 71.7 Å². The summed E-state index contributed by atoms with van der Waals surface area (Å²) in [4.78, 5) is 154. The minimum Gasteiger partial charge on any atom is -0.397 e. The summed E-state index contributed by atoms with van der Waals surface area (Å²) in [6, 6.07) is 5.97. The maximum atomic E-state index is 16.6. The SMILES string of the molecule is C[C@@H]1[C@@H]2OP(=O)(O)OC[C@@H]3C[C@@H](OP(=O)(O)OC[C@H]2O[C@H]1n1cnc2c(N)ccnc21)[C@H](n1cnc2c(=O)[nH]c(N)nc21)O3.C[C@@]1(F)C(n2cnc3c(N)ccnc32)O[C@@H]2COP(=O)(O)O[C@@H]3C[C@@H](COP(=O)(O)O[C@H]21)OC3n1cnc2c(=O)[nH]c(N)nc21.Nc1nc2c(ccn2[C@@H]2OC3COP(=O)(O)O[C@@H]4C(COP(=O)(O)O[C@@H]2[C@@H]3O)O[C@@H](n2cnc3c(N)ccnc32)[C@@H]4O)c(=O)[nH]1. The minimum absolute atomic E-state index is 0.0138. The summed E-state index contributed by atoms with van der Waals surface area (Å²) in [7, 11) is -29.7. The van der Waals surface area contributed by atoms with Crippen LogP contribution in [0.5, 0.6) is 0 Å². The third-order valence-electron chi connectivity index (χ3n) is 22.8. The first-order valence-corrected chi connectivity index (χ1v) is 48.8. The highest BCUT2D eigenvalue weighted by Crippen LogP contribution is 2.60. The molecule has 0 spiro atoms. The Hall–Kier alpha value is -9.95. The fourth-order valence-electron chi connectivity index (χ4n) is 16.8. The number of nitrogens with one attached hydrogen (secondary N) is 3. The minimum atomic E-state index is -5.09. The second-order valence-electron chi connectivity index (χ2n) is 31.7. The van der Waals surface area contributed by atoms with Gasteiger partial charge in [0.05, 0.1) is 106 Å². The van der Waals surface area contributed by atoms with Crippen LogP contribution in [-0.4, -0.2) is 268 Å². The van der Waals surface area contributed by atoms with Crippen molar-refractivity contribution in [2.24, 2.45) is 5.92 Å². The molecule has 0 aliphatic carbocycles. The number of phosphoric ester groups is 6. The van der Waals surface area contributed by atoms with E-state index in [0.717, 1.165) is 6.92 Å². The van der Waals surface area contributed by atoms with Crippen LogP contribution in [0.4, 0.5) is 39.3 Å². The van der Waals surface area contributed by atoms with Crippen LogP contribution in [0.2, 0.25) is 0 Å². The number of imidazole rings is 5. The van der Waals surface area contributed by atoms with Gasteiger partial charge in [0.15, 0.2) is 81.7 Å². The molecule has 9 aliphatic heterocycles. The van der Waals surface area contributed by atoms with E-state index in [4.69, 9.17) is 117 Å². The van der Waals surface area contributed by atoms with Gasteiger partial charge in [0.25, 0.3) is 16.7 Å². The molecule has 28 atom stereocenters. The predicted octanol–water partition coefficient (Wildman–Crippen LogP) is 0.0964. The molecule has 61 nitrogen and oxygen atoms in total. The number of ether oxygens (including phenoxy) is 6. The van der Waals surface area contributed by atoms with Crippen molar-refractivity contribution in [3.8, 4) is 0 Å². The fourth-order valence-corrected chi connectivity index (χ4v) is 22.7. The zero-order valence-electron chi connectivity index (χ0n) is 68.5. The Morgan fingerprint density at radius 1 is 0.388 bits per heavy atom. The highest BCUT2D eigenvalue weighted by molar-refractivity contribution is 7.48. The van der Waals surface area contributed by atoms with Crippen molar-refractivity contribution in [2.45, 2.75) is 155 Å². The van der Waals surface area contributed by atoms with Gasteiger partial charge in [-0.05, 0) is 31.2 Å². The molecule has 21 heterocycles. The number of fused-ring (bicyclic) bond motifs is 15. The summed E-state index contributed by atoms with van der Waals surface area (Å²) in [6.07, 6.45) is -15.6. The number of aliphatic hydroxyl groups excluding tert-OH is 2. The Morgan fingerprint density at radius 2 is 0.769 bits per heavy atom. The summed E-state index contributed by atoms with van der Waals surface area (Å²) in [5, 5.41) is 22.2. The van der Waals surface area contributed by atoms with E-state index in [1.54, 1.807) is 17.6 Å². The molecule has 9 aliphatic rings. The van der Waals surface area contributed by atoms with E-state index in [-0.39, 0.29) is 92.2 Å². The van der Waals surface area contributed by atoms with Crippen LogP contribution in [0.3, 0.4) is 0 Å². The highest BCUT2D eigenvalue weighted by Gasteiger charge is 2.61. The molecule has 134 heavy (non-hydrogen) atoms. The normalized spacial score (nSPS) is 37.3. The van der Waals surface area contributed by atoms with E-state index >= 15 is 4.39 Å². The molecule has 6 bridgehead atoms. The standard InChI is InChI=1S/C22H26FN9O11P2.C22H27N9O11P2.C22H26N8O13P2/c1-22(23)15-12(41-20(22)32-8-27-13-10(24)2-3-26-16(13)32)6-39-44(34,35)42-11-4-9(5-38-45(36,37)43-15)40-19(11)31-7-28-14-17(31)29-21(25)30-18(14)33;1-9-16-13(40-20(9)30-7-26-14-11(23)2-3-25-17(14)30)6-38-43(33,34)41-12-4-10(5-37-44(35,36)42-16)39-21(12)31-8-27-15-18(31)28-22(24)29-19(15)32;23-9-1-3-25-18-12(9)26-7-30(18)20-14(32)15-11(41-20)6-39-45(36,37)43-16-13(31)10(5-38-44(34,35)42-15)40-21(16)29-4-2-8-17(29)27-22(24)28-19(8)33/h2-3,7-9,11-12,15,19-20H,4-6H2,1H3,(H2,24,26)(H,34,35)(H,36,37)(H3,25,29,30,33);2-3,7-10,12-13,16,20-21H,4-6H2,1H3,(H2,23,25)(H,33,34)(H,35,36)(H3,24,28,29,32);1-4,7,10-11,13-16,20-21,31-32H,5-6H2,(H2,23,25)(H,34,35)(H,36,37)(H3,24,27,28,33)/t9-,11+,12+,15+,19?,20?,22-;9-,10+,12-,13-,16+,20-,21-;10?,11?,13-,14-,15-,16-,20-,21-/m011/s1. The van der Waals surface area contributed by atoms with Crippen molar-refractivity contribution in [3.63, 3.8) is 0 Å². The molecule has 10 unspecified atom stereocenters. The van der Waals surface area contributed by atoms with Gasteiger partial charge in [-0.15, -0.1) is 0 Å². The molecule has 0 aromatic carbocycles. The van der Waals surface area contributed by atoms with Crippen LogP contribution in [0.15, 0.2) is 95.1 Å². The number of pyridine rings is 3. The van der Waals surface area contributed by atoms with Gasteiger partial charge < -0.3 is 107 Å². The van der Waals surface area contributed by atoms with E-state index in [2.05, 4.69) is 69.8 Å². The summed E-state index contributed by atoms with van der Waals surface area (Å²) >= 11 is 0. The van der Waals surface area contributed by atoms with Crippen LogP contribution >= 0.6 is 46.9 Å². The number of aromatic amines is 3. The largest absolute Gasteiger partial charge is 0.472 e. The Morgan fingerprint density at radius 3 is 1.28 bits per heavy atom. The Balaban J connectivity index is 0.000000129. The number of rotatable bonds is 6. The third-order valence-corrected chi connectivity index (χ3v) is 28.8. The maximum Gasteiger partial charge on any atom is 0.472 e. The summed E-state index contributed by atoms with van der Waals surface area (Å²) in [5.74, 6) is -1.30. The van der Waals surface area contributed by atoms with Crippen molar-refractivity contribution in [2.75, 3.05) is 74.0 Å². The molecule has 0 saturated carbocycles. The monoisotopic (exact) mass is 2000 g/mol. The summed E-state index contributed by atoms with van der Waals surface area (Å²) in [6.45, 7) is -1.33. The van der Waals surface area contributed by atoms with E-state index < -0.39 is 238 Å². The number of alkyl halides is 1. The van der Waals surface area contributed by atoms with Crippen LogP contribution in [0.25, 0.3) is 66.9 Å². The van der Waals surface area contributed by atoms with Crippen LogP contribution in [0.1, 0.15) is 64.1 Å². The summed E-state index contributed by atoms with van der Waals surface area (Å²) < 4.78 is 203. The molecule has 9 fully saturated rings. The lowest BCUT2D eigenvalue weighted by atomic mass is 9.98. The molecule has 720 valence electrons. The van der Waals surface area contributed by atoms with E-state index in [1.807, 2.05) is 0 Å². The molecule has 68 heteroatoms. The number of nitrogen functional groups attached to an aromatic ring is 6. The van der Waals surface area contributed by atoms with Crippen molar-refractivity contribution in [1.82, 2.24) is 97.2 Å². The van der Waals surface area contributed by atoms with Crippen LogP contribution in [-0.2, 0) is 110 Å². The lowest BCUT2D eigenvalue weighted by molar-refractivity contribution is -0.0674. The van der Waals surface area contributed by atoms with Gasteiger partial charge in [0, 0.05) is 43.5 Å². The topological polar surface area (TPSA) is 856 Å². The van der Waals surface area contributed by atoms with Crippen LogP contribution < -0.4 is 51.1 Å². The first-order valence-electron chi connectivity index (χ1n) is 39.9. The van der Waals surface area contributed by atoms with Crippen molar-refractivity contribution in [3.05, 3.63) is 112 Å². The quantitative estimate of drug-likeness (QED) is 0.0981. The van der Waals surface area contributed by atoms with Crippen molar-refractivity contribution in [1.29, 1.82) is 0 Å². The molecule has 21 rings (SSSR count). The van der Waals surface area contributed by atoms with Crippen molar-refractivity contribution < 1.29 is 154 Å². The third kappa shape index (κ3) is 17.9. The van der Waals surface area contributed by atoms with Gasteiger partial charge in [-0.3, -0.25) is 106 Å². The number of aliphatic hydroxyl groups is 2. The number of anilines is 6. The van der Waals surface area contributed by atoms with Gasteiger partial charge in [-0.2, -0.15) is 15.0 Å². The maximum absolute atomic E-state index is 16.6. The Bertz CT molecular complexity index is 7080. The molecule has 9 saturated heterocycles. The van der Waals surface area contributed by atoms with E-state index in [0.29, 0.717) is 22.4 Å². The van der Waals surface area contributed by atoms with Gasteiger partial charge in [0.1, 0.15) is 96.0 Å². The number of hydrogen-bond acceptors (Lipinski definition) is 46. The molecular formula is C66H79FN26O35P6. The highest BCUT2D eigenvalue weighted by atomic mass is 31.2. The number of H-pyrrole nitrogens is 3. The van der Waals surface area contributed by atoms with Crippen molar-refractivity contribution >= 4 is 149 Å². The Kier molecular flexibility index (Phi) is 24.3. The second kappa shape index (κ2) is 34.9. The zero-order chi connectivity index (χ0) is 94.7. The van der Waals surface area contributed by atoms with Gasteiger partial charge >= 0.3 is 46.9 Å². The number of hydrogen-bond donors (Lipinski definition) is 17. The molecule has 0 amide bonds. The predicted molar refractivity (Wildman–Crippen MR) is 443 cm³/mol. The lowest BCUT2D eigenvalue weighted by Gasteiger charge is -2.29. The number of halogens is 1. The Labute approximate surface area is 743 Å².